The summed E-state index contributed by atoms with van der Waals surface area (Å²) >= 11 is 0.927. The molecule has 10 nitrogen and oxygen atoms in total. The summed E-state index contributed by atoms with van der Waals surface area (Å²) in [4.78, 5) is 22.7. The van der Waals surface area contributed by atoms with Crippen LogP contribution < -0.4 is 25.2 Å². The Hall–Kier alpha value is -3.89. The van der Waals surface area contributed by atoms with Gasteiger partial charge < -0.3 is 24.8 Å². The molecule has 1 fully saturated rings. The van der Waals surface area contributed by atoms with E-state index in [1.54, 1.807) is 36.2 Å². The van der Waals surface area contributed by atoms with Crippen molar-refractivity contribution in [3.8, 4) is 23.0 Å². The smallest absolute Gasteiger partial charge is 0.393 e. The highest BCUT2D eigenvalue weighted by Crippen LogP contribution is 2.37. The van der Waals surface area contributed by atoms with Crippen LogP contribution >= 0.6 is 11.3 Å². The summed E-state index contributed by atoms with van der Waals surface area (Å²) in [5, 5.41) is 18.6. The van der Waals surface area contributed by atoms with Gasteiger partial charge in [0.2, 0.25) is 0 Å². The maximum atomic E-state index is 13.2. The van der Waals surface area contributed by atoms with Crippen LogP contribution in [0.3, 0.4) is 0 Å². The second-order valence-electron chi connectivity index (χ2n) is 10.4. The molecule has 0 radical (unpaired) electrons. The van der Waals surface area contributed by atoms with Crippen molar-refractivity contribution >= 4 is 27.4 Å². The average Bonchev–Trinajstić information content (AvgIpc) is 3.55. The Balaban J connectivity index is 1.28. The van der Waals surface area contributed by atoms with Crippen LogP contribution in [-0.4, -0.2) is 70.5 Å². The molecule has 3 aromatic heterocycles. The van der Waals surface area contributed by atoms with Crippen molar-refractivity contribution in [1.82, 2.24) is 25.1 Å². The van der Waals surface area contributed by atoms with E-state index in [9.17, 15) is 31.9 Å². The van der Waals surface area contributed by atoms with Gasteiger partial charge in [-0.3, -0.25) is 4.79 Å². The Kier molecular flexibility index (Phi) is 9.04. The summed E-state index contributed by atoms with van der Waals surface area (Å²) in [6.07, 6.45) is -5.23. The van der Waals surface area contributed by atoms with Crippen molar-refractivity contribution in [2.45, 2.75) is 56.7 Å². The first-order valence-electron chi connectivity index (χ1n) is 13.5. The molecule has 0 spiro atoms. The Bertz CT molecular complexity index is 1680. The van der Waals surface area contributed by atoms with Crippen LogP contribution in [0.1, 0.15) is 29.8 Å². The van der Waals surface area contributed by atoms with E-state index in [4.69, 9.17) is 9.47 Å². The Labute approximate surface area is 252 Å². The van der Waals surface area contributed by atoms with Gasteiger partial charge in [0.25, 0.3) is 5.56 Å². The van der Waals surface area contributed by atoms with Crippen LogP contribution in [0.15, 0.2) is 41.2 Å². The number of rotatable bonds is 10. The predicted molar refractivity (Wildman–Crippen MR) is 154 cm³/mol. The van der Waals surface area contributed by atoms with Crippen LogP contribution in [0.5, 0.6) is 11.8 Å². The number of hydrogen-bond acceptors (Lipinski definition) is 10. The molecule has 1 saturated carbocycles. The van der Waals surface area contributed by atoms with E-state index < -0.39 is 30.8 Å². The van der Waals surface area contributed by atoms with E-state index >= 15 is 0 Å². The summed E-state index contributed by atoms with van der Waals surface area (Å²) in [5.74, 6) is 0.449. The van der Waals surface area contributed by atoms with Gasteiger partial charge in [-0.15, -0.1) is 11.3 Å². The van der Waals surface area contributed by atoms with E-state index in [2.05, 4.69) is 20.4 Å². The number of aliphatic hydroxyl groups excluding tert-OH is 1. The number of alkyl halides is 5. The van der Waals surface area contributed by atoms with E-state index in [0.29, 0.717) is 41.0 Å². The van der Waals surface area contributed by atoms with Gasteiger partial charge in [0.1, 0.15) is 16.3 Å². The summed E-state index contributed by atoms with van der Waals surface area (Å²) in [6.45, 7) is -2.66. The zero-order chi connectivity index (χ0) is 31.8. The van der Waals surface area contributed by atoms with Crippen LogP contribution in [0.25, 0.3) is 21.5 Å². The molecule has 1 aliphatic carbocycles. The third-order valence-corrected chi connectivity index (χ3v) is 8.47. The maximum absolute atomic E-state index is 13.2. The van der Waals surface area contributed by atoms with Gasteiger partial charge in [-0.05, 0) is 24.5 Å². The molecule has 1 aromatic carbocycles. The molecule has 0 bridgehead atoms. The number of nitrogens with one attached hydrogen (secondary N) is 1. The quantitative estimate of drug-likeness (QED) is 0.241. The standard InChI is InChI=1S/C28H29F5N6O4S/c1-38(24-18-10-17(12-28(31,32)33)44-25(18)36-27(35-24)43-3)19-8-16(9-20(19)40)34-13-14-4-6-15(7-5-14)23-21(42-2)11-22(41)39(37-23)26(29)30/h4-7,10-11,16,19-20,26,34,40H,8-9,12-13H2,1-3H3/t16-,19+,20-/m1/s1. The number of aromatic nitrogens is 4. The average molecular weight is 641 g/mol. The molecular formula is C28H29F5N6O4S. The van der Waals surface area contributed by atoms with Gasteiger partial charge in [0.05, 0.1) is 38.2 Å². The van der Waals surface area contributed by atoms with Gasteiger partial charge in [-0.25, -0.2) is 0 Å². The fourth-order valence-corrected chi connectivity index (χ4v) is 6.35. The monoisotopic (exact) mass is 640 g/mol. The number of halogens is 5. The van der Waals surface area contributed by atoms with Crippen molar-refractivity contribution in [1.29, 1.82) is 0 Å². The minimum atomic E-state index is -4.37. The molecule has 0 saturated heterocycles. The zero-order valence-electron chi connectivity index (χ0n) is 23.8. The van der Waals surface area contributed by atoms with E-state index in [-0.39, 0.29) is 39.1 Å². The van der Waals surface area contributed by atoms with E-state index in [0.717, 1.165) is 23.0 Å². The number of ether oxygens (including phenoxy) is 2. The Morgan fingerprint density at radius 3 is 2.50 bits per heavy atom. The molecule has 5 rings (SSSR count). The fraction of sp³-hybridized carbons (Fsp3) is 0.429. The number of nitrogens with zero attached hydrogens (tertiary/aromatic N) is 5. The predicted octanol–water partition coefficient (Wildman–Crippen LogP) is 4.55. The van der Waals surface area contributed by atoms with Crippen LogP contribution in [0.2, 0.25) is 0 Å². The number of aliphatic hydroxyl groups is 1. The number of methoxy groups -OCH3 is 2. The fourth-order valence-electron chi connectivity index (χ4n) is 5.31. The van der Waals surface area contributed by atoms with Crippen molar-refractivity contribution in [2.75, 3.05) is 26.2 Å². The van der Waals surface area contributed by atoms with Crippen LogP contribution in [0.4, 0.5) is 27.8 Å². The third-order valence-electron chi connectivity index (χ3n) is 7.44. The second kappa shape index (κ2) is 12.6. The van der Waals surface area contributed by atoms with E-state index in [1.807, 2.05) is 0 Å². The van der Waals surface area contributed by atoms with Gasteiger partial charge >= 0.3 is 18.7 Å². The summed E-state index contributed by atoms with van der Waals surface area (Å²) in [5.41, 5.74) is 0.479. The molecule has 44 heavy (non-hydrogen) atoms. The van der Waals surface area contributed by atoms with Crippen molar-refractivity contribution in [3.63, 3.8) is 0 Å². The summed E-state index contributed by atoms with van der Waals surface area (Å²) in [6, 6.07) is 8.89. The second-order valence-corrected chi connectivity index (χ2v) is 11.5. The molecule has 16 heteroatoms. The minimum Gasteiger partial charge on any atom is -0.494 e. The molecule has 3 heterocycles. The first-order valence-corrected chi connectivity index (χ1v) is 14.3. The van der Waals surface area contributed by atoms with Gasteiger partial charge in [0.15, 0.2) is 5.75 Å². The van der Waals surface area contributed by atoms with Crippen molar-refractivity contribution < 1.29 is 36.5 Å². The lowest BCUT2D eigenvalue weighted by Gasteiger charge is -2.28. The number of likely N-dealkylation sites (N-methyl/N-ethyl adjacent to an activating group) is 1. The van der Waals surface area contributed by atoms with Gasteiger partial charge in [0, 0.05) is 36.1 Å². The molecule has 0 unspecified atom stereocenters. The first kappa shape index (κ1) is 31.5. The normalized spacial score (nSPS) is 18.7. The lowest BCUT2D eigenvalue weighted by molar-refractivity contribution is -0.126. The van der Waals surface area contributed by atoms with Crippen LogP contribution in [0, 0.1) is 0 Å². The third kappa shape index (κ3) is 6.76. The zero-order valence-corrected chi connectivity index (χ0v) is 24.6. The first-order chi connectivity index (χ1) is 20.9. The molecule has 4 aromatic rings. The highest BCUT2D eigenvalue weighted by Gasteiger charge is 2.37. The molecule has 1 aliphatic rings. The molecule has 0 aliphatic heterocycles. The van der Waals surface area contributed by atoms with Crippen LogP contribution in [-0.2, 0) is 13.0 Å². The molecule has 3 atom stereocenters. The number of thiophene rings is 1. The van der Waals surface area contributed by atoms with Gasteiger partial charge in [-0.2, -0.15) is 41.7 Å². The lowest BCUT2D eigenvalue weighted by atomic mass is 10.1. The molecule has 0 amide bonds. The topological polar surface area (TPSA) is 115 Å². The number of benzene rings is 1. The number of hydrogen-bond donors (Lipinski definition) is 2. The maximum Gasteiger partial charge on any atom is 0.393 e. The number of fused-ring (bicyclic) bond motifs is 1. The highest BCUT2D eigenvalue weighted by molar-refractivity contribution is 7.18. The highest BCUT2D eigenvalue weighted by atomic mass is 32.1. The molecule has 2 N–H and O–H groups in total. The lowest BCUT2D eigenvalue weighted by Crippen LogP contribution is -2.38. The minimum absolute atomic E-state index is 0.0196. The van der Waals surface area contributed by atoms with Crippen molar-refractivity contribution in [2.24, 2.45) is 0 Å². The summed E-state index contributed by atoms with van der Waals surface area (Å²) in [7, 11) is 4.43. The molecule has 236 valence electrons. The summed E-state index contributed by atoms with van der Waals surface area (Å²) < 4.78 is 76.0. The van der Waals surface area contributed by atoms with Gasteiger partial charge in [-0.1, -0.05) is 24.3 Å². The SMILES string of the molecule is COc1nc(N(C)[C@H]2C[C@@H](NCc3ccc(-c4nn(C(F)F)c(=O)cc4OC)cc3)C[C@H]2O)c2cc(CC(F)(F)F)sc2n1. The van der Waals surface area contributed by atoms with E-state index in [1.165, 1.54) is 20.3 Å². The largest absolute Gasteiger partial charge is 0.494 e. The number of anilines is 1. The molecular weight excluding hydrogens is 611 g/mol. The van der Waals surface area contributed by atoms with Crippen molar-refractivity contribution in [3.05, 3.63) is 57.2 Å². The Morgan fingerprint density at radius 1 is 1.14 bits per heavy atom. The Morgan fingerprint density at radius 2 is 1.86 bits per heavy atom.